The van der Waals surface area contributed by atoms with Gasteiger partial charge in [0.05, 0.1) is 29.7 Å². The van der Waals surface area contributed by atoms with Crippen LogP contribution in [0.1, 0.15) is 23.2 Å². The zero-order chi connectivity index (χ0) is 17.4. The van der Waals surface area contributed by atoms with Crippen LogP contribution in [0.15, 0.2) is 23.0 Å². The lowest BCUT2D eigenvalue weighted by atomic mass is 10.1. The topological polar surface area (TPSA) is 94.8 Å². The van der Waals surface area contributed by atoms with Crippen LogP contribution in [0.5, 0.6) is 0 Å². The van der Waals surface area contributed by atoms with Gasteiger partial charge in [-0.15, -0.1) is 5.10 Å². The summed E-state index contributed by atoms with van der Waals surface area (Å²) in [7, 11) is 1.31. The maximum Gasteiger partial charge on any atom is 0.337 e. The number of benzene rings is 1. The van der Waals surface area contributed by atoms with Gasteiger partial charge in [0.1, 0.15) is 0 Å². The van der Waals surface area contributed by atoms with Crippen LogP contribution in [0.2, 0.25) is 0 Å². The number of nitrogens with one attached hydrogen (secondary N) is 1. The zero-order valence-corrected chi connectivity index (χ0v) is 14.3. The fourth-order valence-corrected chi connectivity index (χ4v) is 3.64. The van der Waals surface area contributed by atoms with Crippen molar-refractivity contribution in [2.75, 3.05) is 25.6 Å². The van der Waals surface area contributed by atoms with Crippen molar-refractivity contribution in [3.05, 3.63) is 34.1 Å². The van der Waals surface area contributed by atoms with E-state index in [0.29, 0.717) is 33.1 Å². The Kier molecular flexibility index (Phi) is 4.10. The first-order valence-electron chi connectivity index (χ1n) is 7.93. The first-order chi connectivity index (χ1) is 12.2. The molecule has 8 nitrogen and oxygen atoms in total. The number of aromatic nitrogens is 3. The van der Waals surface area contributed by atoms with E-state index < -0.39 is 5.97 Å². The smallest absolute Gasteiger partial charge is 0.337 e. The third kappa shape index (κ3) is 2.96. The van der Waals surface area contributed by atoms with Gasteiger partial charge in [0.25, 0.3) is 5.56 Å². The molecule has 3 aromatic rings. The van der Waals surface area contributed by atoms with E-state index in [0.717, 1.165) is 19.4 Å². The Balaban J connectivity index is 1.70. The van der Waals surface area contributed by atoms with Crippen LogP contribution >= 0.6 is 11.3 Å². The Morgan fingerprint density at radius 1 is 1.52 bits per heavy atom. The molecule has 0 amide bonds. The standard InChI is InChI=1S/C16H16N4O4S/c1-23-14(22)9-4-5-11-12(7-9)18-16-20(13(11)21)19-15(25-16)17-8-10-3-2-6-24-10/h4-5,7,10H,2-3,6,8H2,1H3,(H,17,19)/t10-/m0/s1. The maximum absolute atomic E-state index is 12.6. The minimum atomic E-state index is -0.466. The molecule has 0 spiro atoms. The predicted octanol–water partition coefficient (Wildman–Crippen LogP) is 1.68. The molecule has 2 aromatic heterocycles. The Morgan fingerprint density at radius 2 is 2.40 bits per heavy atom. The molecule has 1 fully saturated rings. The fourth-order valence-electron chi connectivity index (χ4n) is 2.83. The normalized spacial score (nSPS) is 17.2. The van der Waals surface area contributed by atoms with Crippen LogP contribution in [-0.2, 0) is 9.47 Å². The first kappa shape index (κ1) is 16.0. The summed E-state index contributed by atoms with van der Waals surface area (Å²) in [5.41, 5.74) is 0.535. The molecular weight excluding hydrogens is 344 g/mol. The lowest BCUT2D eigenvalue weighted by Crippen LogP contribution is -2.19. The number of anilines is 1. The van der Waals surface area contributed by atoms with E-state index in [9.17, 15) is 9.59 Å². The van der Waals surface area contributed by atoms with Crippen molar-refractivity contribution in [3.8, 4) is 0 Å². The summed E-state index contributed by atoms with van der Waals surface area (Å²) in [4.78, 5) is 29.2. The second-order valence-corrected chi connectivity index (χ2v) is 6.71. The molecule has 1 aliphatic rings. The molecule has 1 saturated heterocycles. The Morgan fingerprint density at radius 3 is 3.16 bits per heavy atom. The Hall–Kier alpha value is -2.52. The van der Waals surface area contributed by atoms with Crippen molar-refractivity contribution in [2.45, 2.75) is 18.9 Å². The minimum Gasteiger partial charge on any atom is -0.465 e. The van der Waals surface area contributed by atoms with Crippen LogP contribution < -0.4 is 10.9 Å². The summed E-state index contributed by atoms with van der Waals surface area (Å²) in [6.45, 7) is 1.45. The van der Waals surface area contributed by atoms with Gasteiger partial charge in [-0.05, 0) is 31.0 Å². The van der Waals surface area contributed by atoms with Gasteiger partial charge < -0.3 is 14.8 Å². The average molecular weight is 360 g/mol. The monoisotopic (exact) mass is 360 g/mol. The van der Waals surface area contributed by atoms with Crippen LogP contribution in [0, 0.1) is 0 Å². The quantitative estimate of drug-likeness (QED) is 0.707. The highest BCUT2D eigenvalue weighted by Crippen LogP contribution is 2.21. The van der Waals surface area contributed by atoms with Crippen molar-refractivity contribution in [1.82, 2.24) is 14.6 Å². The number of carbonyl (C=O) groups is 1. The fraction of sp³-hybridized carbons (Fsp3) is 0.375. The molecule has 3 heterocycles. The lowest BCUT2D eigenvalue weighted by Gasteiger charge is -2.08. The molecule has 0 radical (unpaired) electrons. The summed E-state index contributed by atoms with van der Waals surface area (Å²) >= 11 is 1.29. The van der Waals surface area contributed by atoms with Crippen LogP contribution in [-0.4, -0.2) is 46.9 Å². The number of hydrogen-bond acceptors (Lipinski definition) is 8. The van der Waals surface area contributed by atoms with Gasteiger partial charge in [0.15, 0.2) is 0 Å². The van der Waals surface area contributed by atoms with Gasteiger partial charge in [0, 0.05) is 13.2 Å². The molecule has 1 aliphatic heterocycles. The predicted molar refractivity (Wildman–Crippen MR) is 93.4 cm³/mol. The van der Waals surface area contributed by atoms with Crippen molar-refractivity contribution >= 4 is 38.3 Å². The average Bonchev–Trinajstić information content (AvgIpc) is 3.28. The largest absolute Gasteiger partial charge is 0.465 e. The van der Waals surface area contributed by atoms with E-state index in [4.69, 9.17) is 9.47 Å². The Labute approximate surface area is 146 Å². The van der Waals surface area contributed by atoms with E-state index in [1.165, 1.54) is 23.0 Å². The second kappa shape index (κ2) is 6.41. The number of carbonyl (C=O) groups excluding carboxylic acids is 1. The SMILES string of the molecule is COC(=O)c1ccc2c(=O)n3nc(NC[C@@H]4CCCO4)sc3nc2c1. The second-order valence-electron chi connectivity index (χ2n) is 5.76. The number of fused-ring (bicyclic) bond motifs is 2. The molecule has 25 heavy (non-hydrogen) atoms. The van der Waals surface area contributed by atoms with Gasteiger partial charge in [-0.25, -0.2) is 9.78 Å². The van der Waals surface area contributed by atoms with Gasteiger partial charge in [-0.1, -0.05) is 11.3 Å². The molecule has 1 N–H and O–H groups in total. The summed E-state index contributed by atoms with van der Waals surface area (Å²) in [5.74, 6) is -0.466. The zero-order valence-electron chi connectivity index (χ0n) is 13.5. The summed E-state index contributed by atoms with van der Waals surface area (Å²) in [6, 6.07) is 4.68. The summed E-state index contributed by atoms with van der Waals surface area (Å²) in [6.07, 6.45) is 2.27. The molecular formula is C16H16N4O4S. The Bertz CT molecular complexity index is 1010. The van der Waals surface area contributed by atoms with Crippen molar-refractivity contribution in [3.63, 3.8) is 0 Å². The lowest BCUT2D eigenvalue weighted by molar-refractivity contribution is 0.0601. The number of rotatable bonds is 4. The van der Waals surface area contributed by atoms with Crippen LogP contribution in [0.25, 0.3) is 15.9 Å². The number of nitrogens with zero attached hydrogens (tertiary/aromatic N) is 3. The molecule has 0 bridgehead atoms. The van der Waals surface area contributed by atoms with Crippen LogP contribution in [0.4, 0.5) is 5.13 Å². The number of esters is 1. The number of methoxy groups -OCH3 is 1. The number of hydrogen-bond donors (Lipinski definition) is 1. The van der Waals surface area contributed by atoms with Gasteiger partial charge in [-0.3, -0.25) is 4.79 Å². The molecule has 0 aliphatic carbocycles. The first-order valence-corrected chi connectivity index (χ1v) is 8.75. The van der Waals surface area contributed by atoms with E-state index in [2.05, 4.69) is 15.4 Å². The minimum absolute atomic E-state index is 0.179. The van der Waals surface area contributed by atoms with E-state index in [1.54, 1.807) is 18.2 Å². The molecule has 0 saturated carbocycles. The molecule has 1 aromatic carbocycles. The molecule has 4 rings (SSSR count). The van der Waals surface area contributed by atoms with Crippen LogP contribution in [0.3, 0.4) is 0 Å². The van der Waals surface area contributed by atoms with Crippen molar-refractivity contribution in [2.24, 2.45) is 0 Å². The van der Waals surface area contributed by atoms with Gasteiger partial charge in [-0.2, -0.15) is 4.52 Å². The summed E-state index contributed by atoms with van der Waals surface area (Å²) in [5, 5.41) is 8.52. The molecule has 130 valence electrons. The van der Waals surface area contributed by atoms with Gasteiger partial charge >= 0.3 is 5.97 Å². The van der Waals surface area contributed by atoms with Crippen molar-refractivity contribution in [1.29, 1.82) is 0 Å². The highest BCUT2D eigenvalue weighted by atomic mass is 32.1. The van der Waals surface area contributed by atoms with Gasteiger partial charge in [0.2, 0.25) is 10.1 Å². The van der Waals surface area contributed by atoms with E-state index in [-0.39, 0.29) is 11.7 Å². The maximum atomic E-state index is 12.6. The summed E-state index contributed by atoms with van der Waals surface area (Å²) < 4.78 is 11.6. The van der Waals surface area contributed by atoms with E-state index in [1.807, 2.05) is 0 Å². The highest BCUT2D eigenvalue weighted by molar-refractivity contribution is 7.20. The third-order valence-corrected chi connectivity index (χ3v) is 4.99. The number of ether oxygens (including phenoxy) is 2. The van der Waals surface area contributed by atoms with Crippen molar-refractivity contribution < 1.29 is 14.3 Å². The molecule has 9 heteroatoms. The van der Waals surface area contributed by atoms with E-state index >= 15 is 0 Å². The highest BCUT2D eigenvalue weighted by Gasteiger charge is 2.17. The molecule has 1 atom stereocenters. The molecule has 0 unspecified atom stereocenters. The third-order valence-electron chi connectivity index (χ3n) is 4.12.